The third-order valence-corrected chi connectivity index (χ3v) is 12.5. The van der Waals surface area contributed by atoms with Crippen molar-refractivity contribution >= 4 is 57.4 Å². The molecule has 286 valence electrons. The zero-order valence-electron chi connectivity index (χ0n) is 32.5. The highest BCUT2D eigenvalue weighted by molar-refractivity contribution is 6.32. The molecule has 0 saturated carbocycles. The van der Waals surface area contributed by atoms with Crippen molar-refractivity contribution in [3.63, 3.8) is 0 Å². The molecule has 2 atom stereocenters. The van der Waals surface area contributed by atoms with Crippen molar-refractivity contribution < 1.29 is 0 Å². The van der Waals surface area contributed by atoms with Gasteiger partial charge in [-0.05, 0) is 99.4 Å². The second-order valence-electron chi connectivity index (χ2n) is 15.9. The Morgan fingerprint density at radius 1 is 1.04 bits per heavy atom. The summed E-state index contributed by atoms with van der Waals surface area (Å²) >= 11 is 6.74. The Morgan fingerprint density at radius 3 is 2.60 bits per heavy atom. The van der Waals surface area contributed by atoms with Crippen LogP contribution in [0.3, 0.4) is 0 Å². The van der Waals surface area contributed by atoms with Crippen molar-refractivity contribution in [3.05, 3.63) is 114 Å². The monoisotopic (exact) mass is 756 g/mol. The number of rotatable bonds is 9. The second-order valence-corrected chi connectivity index (χ2v) is 16.3. The fourth-order valence-electron chi connectivity index (χ4n) is 9.09. The van der Waals surface area contributed by atoms with Gasteiger partial charge in [0, 0.05) is 109 Å². The van der Waals surface area contributed by atoms with Gasteiger partial charge in [-0.1, -0.05) is 37.9 Å². The Bertz CT molecular complexity index is 2230. The number of hydrogen-bond donors (Lipinski definition) is 3. The molecule has 6 heterocycles. The van der Waals surface area contributed by atoms with Crippen LogP contribution in [0.25, 0.3) is 17.0 Å². The van der Waals surface area contributed by atoms with Gasteiger partial charge in [0.05, 0.1) is 17.4 Å². The number of fused-ring (bicyclic) bond motifs is 2. The Labute approximate surface area is 330 Å². The zero-order valence-corrected chi connectivity index (χ0v) is 33.3. The normalized spacial score (nSPS) is 21.5. The summed E-state index contributed by atoms with van der Waals surface area (Å²) in [6.07, 6.45) is 12.2. The van der Waals surface area contributed by atoms with E-state index >= 15 is 0 Å². The van der Waals surface area contributed by atoms with Gasteiger partial charge < -0.3 is 30.7 Å². The number of aryl methyl sites for hydroxylation is 1. The lowest BCUT2D eigenvalue weighted by Crippen LogP contribution is -2.53. The average Bonchev–Trinajstić information content (AvgIpc) is 3.51. The van der Waals surface area contributed by atoms with Gasteiger partial charge in [-0.2, -0.15) is 10.1 Å². The molecule has 2 unspecified atom stereocenters. The summed E-state index contributed by atoms with van der Waals surface area (Å²) < 4.78 is 2.04. The molecule has 2 aromatic heterocycles. The number of hydrogen-bond acceptors (Lipinski definition) is 9. The molecule has 0 radical (unpaired) electrons. The summed E-state index contributed by atoms with van der Waals surface area (Å²) in [6, 6.07) is 13.2. The fourth-order valence-corrected chi connectivity index (χ4v) is 9.22. The Kier molecular flexibility index (Phi) is 9.88. The van der Waals surface area contributed by atoms with Gasteiger partial charge in [0.15, 0.2) is 5.82 Å². The third-order valence-electron chi connectivity index (χ3n) is 12.2. The fraction of sp³-hybridized carbons (Fsp3) is 0.386. The smallest absolute Gasteiger partial charge is 0.227 e. The van der Waals surface area contributed by atoms with Crippen molar-refractivity contribution in [2.45, 2.75) is 57.3 Å². The topological polar surface area (TPSA) is 89.4 Å². The number of benzene rings is 2. The number of nitrogens with one attached hydrogen (secondary N) is 3. The van der Waals surface area contributed by atoms with Crippen molar-refractivity contribution in [3.8, 4) is 0 Å². The average molecular weight is 757 g/mol. The maximum atomic E-state index is 6.74. The highest BCUT2D eigenvalue weighted by Gasteiger charge is 2.40. The maximum Gasteiger partial charge on any atom is 0.227 e. The van der Waals surface area contributed by atoms with E-state index in [9.17, 15) is 0 Å². The number of likely N-dealkylation sites (N-methyl/N-ethyl adjacent to an activating group) is 1. The van der Waals surface area contributed by atoms with Crippen LogP contribution in [-0.4, -0.2) is 60.0 Å². The van der Waals surface area contributed by atoms with E-state index in [4.69, 9.17) is 26.7 Å². The predicted octanol–water partition coefficient (Wildman–Crippen LogP) is 9.00. The van der Waals surface area contributed by atoms with E-state index in [1.54, 1.807) is 6.20 Å². The van der Waals surface area contributed by atoms with Crippen LogP contribution in [0.4, 0.5) is 28.8 Å². The molecule has 8 rings (SSSR count). The predicted molar refractivity (Wildman–Crippen MR) is 229 cm³/mol. The van der Waals surface area contributed by atoms with E-state index < -0.39 is 0 Å². The summed E-state index contributed by atoms with van der Waals surface area (Å²) in [5.74, 6) is 1.51. The van der Waals surface area contributed by atoms with Crippen LogP contribution in [0.15, 0.2) is 97.3 Å². The molecule has 10 nitrogen and oxygen atoms in total. The molecule has 4 aliphatic heterocycles. The molecule has 0 amide bonds. The van der Waals surface area contributed by atoms with Gasteiger partial charge in [0.25, 0.3) is 0 Å². The number of halogens is 1. The molecule has 2 aromatic carbocycles. The van der Waals surface area contributed by atoms with E-state index in [2.05, 4.69) is 114 Å². The summed E-state index contributed by atoms with van der Waals surface area (Å²) in [4.78, 5) is 16.9. The van der Waals surface area contributed by atoms with Crippen molar-refractivity contribution in [1.82, 2.24) is 30.4 Å². The quantitative estimate of drug-likeness (QED) is 0.155. The third kappa shape index (κ3) is 7.20. The van der Waals surface area contributed by atoms with Crippen LogP contribution < -0.4 is 30.7 Å². The van der Waals surface area contributed by atoms with Gasteiger partial charge in [-0.3, -0.25) is 4.68 Å². The van der Waals surface area contributed by atoms with Crippen molar-refractivity contribution in [1.29, 1.82) is 0 Å². The molecule has 11 heteroatoms. The molecule has 4 aliphatic rings. The minimum absolute atomic E-state index is 0.145. The first kappa shape index (κ1) is 36.7. The van der Waals surface area contributed by atoms with Crippen LogP contribution in [-0.2, 0) is 7.05 Å². The minimum Gasteiger partial charge on any atom is -0.392 e. The molecule has 1 spiro atoms. The minimum atomic E-state index is 0.145. The first-order chi connectivity index (χ1) is 26.5. The summed E-state index contributed by atoms with van der Waals surface area (Å²) in [7, 11) is 6.03. The van der Waals surface area contributed by atoms with Crippen molar-refractivity contribution in [2.75, 3.05) is 60.3 Å². The van der Waals surface area contributed by atoms with Gasteiger partial charge in [-0.25, -0.2) is 4.98 Å². The SMILES string of the molecule is C=C(CCC1=Cc2cc(Nc3nc(N4CCCC5(CCCN(c6ccc7c(C8CCC(=C)NC8=C)nn(C)c7c6)C5)C4)ncc3Cl)ccc2N(C)C1=C)NC. The molecule has 3 saturated heterocycles. The van der Waals surface area contributed by atoms with Gasteiger partial charge in [0.2, 0.25) is 5.95 Å². The zero-order chi connectivity index (χ0) is 38.4. The lowest BCUT2D eigenvalue weighted by molar-refractivity contribution is 0.190. The van der Waals surface area contributed by atoms with Crippen LogP contribution in [0.5, 0.6) is 0 Å². The number of anilines is 5. The van der Waals surface area contributed by atoms with E-state index in [1.807, 2.05) is 11.7 Å². The largest absolute Gasteiger partial charge is 0.392 e. The Balaban J connectivity index is 0.985. The standard InChI is InChI=1S/C44H53ClN10/c1-28(46-5)10-12-32-22-33-23-34(13-17-39(33)52(6)31(32)4)49-42-38(45)25-47-43(50-42)55-21-9-19-44(27-55)18-8-20-54(26-44)35-14-16-37-40(24-35)53(7)51-41(37)36-15-11-29(2)48-30(36)3/h13-14,16-17,22-25,36,46,48H,1-4,8-12,15,18-21,26-27H2,5-7H3,(H,47,49,50). The molecular weight excluding hydrogens is 704 g/mol. The van der Waals surface area contributed by atoms with E-state index in [-0.39, 0.29) is 11.3 Å². The second kappa shape index (κ2) is 14.8. The molecule has 0 bridgehead atoms. The van der Waals surface area contributed by atoms with E-state index in [0.29, 0.717) is 10.8 Å². The summed E-state index contributed by atoms with van der Waals surface area (Å²) in [5.41, 5.74) is 12.1. The van der Waals surface area contributed by atoms with Crippen LogP contribution >= 0.6 is 11.6 Å². The molecule has 55 heavy (non-hydrogen) atoms. The molecule has 3 N–H and O–H groups in total. The van der Waals surface area contributed by atoms with Gasteiger partial charge in [0.1, 0.15) is 5.02 Å². The maximum absolute atomic E-state index is 6.74. The van der Waals surface area contributed by atoms with Gasteiger partial charge in [-0.15, -0.1) is 0 Å². The lowest BCUT2D eigenvalue weighted by atomic mass is 9.73. The highest BCUT2D eigenvalue weighted by Crippen LogP contribution is 2.43. The first-order valence-corrected chi connectivity index (χ1v) is 19.9. The summed E-state index contributed by atoms with van der Waals surface area (Å²) in [5, 5.41) is 16.7. The summed E-state index contributed by atoms with van der Waals surface area (Å²) in [6.45, 7) is 20.7. The van der Waals surface area contributed by atoms with E-state index in [0.717, 1.165) is 122 Å². The van der Waals surface area contributed by atoms with Gasteiger partial charge >= 0.3 is 0 Å². The van der Waals surface area contributed by atoms with E-state index in [1.165, 1.54) is 29.5 Å². The first-order valence-electron chi connectivity index (χ1n) is 19.5. The highest BCUT2D eigenvalue weighted by atomic mass is 35.5. The molecule has 3 fully saturated rings. The molecular formula is C44H53ClN10. The Hall–Kier alpha value is -5.22. The van der Waals surface area contributed by atoms with Crippen LogP contribution in [0.1, 0.15) is 68.5 Å². The molecule has 4 aromatic rings. The number of aromatic nitrogens is 4. The van der Waals surface area contributed by atoms with Crippen LogP contribution in [0.2, 0.25) is 5.02 Å². The lowest BCUT2D eigenvalue weighted by Gasteiger charge is -2.49. The van der Waals surface area contributed by atoms with Crippen LogP contribution in [0, 0.1) is 5.41 Å². The number of piperidine rings is 3. The molecule has 0 aliphatic carbocycles. The Morgan fingerprint density at radius 2 is 1.82 bits per heavy atom. The number of nitrogens with zero attached hydrogens (tertiary/aromatic N) is 7. The van der Waals surface area contributed by atoms with Crippen molar-refractivity contribution in [2.24, 2.45) is 12.5 Å². The number of allylic oxidation sites excluding steroid dienone is 4.